The molecule has 0 bridgehead atoms. The van der Waals surface area contributed by atoms with Gasteiger partial charge in [-0.15, -0.1) is 0 Å². The van der Waals surface area contributed by atoms with Gasteiger partial charge in [0.25, 0.3) is 0 Å². The van der Waals surface area contributed by atoms with Crippen LogP contribution in [-0.4, -0.2) is 17.3 Å². The lowest BCUT2D eigenvalue weighted by Crippen LogP contribution is -2.10. The number of benzene rings is 2. The number of Topliss-reactive ketones (excluding diaryl/α,β-unsaturated/α-hetero) is 2. The summed E-state index contributed by atoms with van der Waals surface area (Å²) in [7, 11) is 0. The van der Waals surface area contributed by atoms with Crippen molar-refractivity contribution in [3.63, 3.8) is 0 Å². The molecule has 0 atom stereocenters. The summed E-state index contributed by atoms with van der Waals surface area (Å²) in [6, 6.07) is 12.9. The van der Waals surface area contributed by atoms with Crippen molar-refractivity contribution >= 4 is 17.3 Å². The SMILES string of the molecule is CC(=O)CCCCCCC(=O)c1cccc(C(=O)c2ccccc2C)c1C. The molecule has 3 nitrogen and oxygen atoms in total. The normalized spacial score (nSPS) is 10.6. The predicted octanol–water partition coefficient (Wildman–Crippen LogP) is 5.65. The highest BCUT2D eigenvalue weighted by atomic mass is 16.1. The maximum atomic E-state index is 12.9. The summed E-state index contributed by atoms with van der Waals surface area (Å²) in [5, 5.41) is 0. The molecule has 0 saturated carbocycles. The van der Waals surface area contributed by atoms with Crippen LogP contribution < -0.4 is 0 Å². The van der Waals surface area contributed by atoms with Gasteiger partial charge in [-0.2, -0.15) is 0 Å². The average molecular weight is 364 g/mol. The number of rotatable bonds is 10. The van der Waals surface area contributed by atoms with Crippen LogP contribution in [0.2, 0.25) is 0 Å². The Bertz CT molecular complexity index is 833. The molecule has 27 heavy (non-hydrogen) atoms. The van der Waals surface area contributed by atoms with Gasteiger partial charge in [0.1, 0.15) is 5.78 Å². The summed E-state index contributed by atoms with van der Waals surface area (Å²) in [6.45, 7) is 5.38. The minimum Gasteiger partial charge on any atom is -0.300 e. The highest BCUT2D eigenvalue weighted by molar-refractivity contribution is 6.12. The van der Waals surface area contributed by atoms with Gasteiger partial charge in [-0.05, 0) is 44.7 Å². The summed E-state index contributed by atoms with van der Waals surface area (Å²) in [5.74, 6) is 0.264. The largest absolute Gasteiger partial charge is 0.300 e. The van der Waals surface area contributed by atoms with Crippen LogP contribution in [0.1, 0.15) is 82.9 Å². The van der Waals surface area contributed by atoms with Gasteiger partial charge < -0.3 is 4.79 Å². The summed E-state index contributed by atoms with van der Waals surface area (Å²) >= 11 is 0. The smallest absolute Gasteiger partial charge is 0.193 e. The first kappa shape index (κ1) is 20.8. The van der Waals surface area contributed by atoms with E-state index in [0.29, 0.717) is 29.5 Å². The monoisotopic (exact) mass is 364 g/mol. The van der Waals surface area contributed by atoms with Crippen molar-refractivity contribution in [1.82, 2.24) is 0 Å². The first-order valence-corrected chi connectivity index (χ1v) is 9.64. The number of carbonyl (C=O) groups is 3. The number of ketones is 3. The second-order valence-electron chi connectivity index (χ2n) is 7.16. The zero-order chi connectivity index (χ0) is 19.8. The molecule has 0 aliphatic heterocycles. The first-order valence-electron chi connectivity index (χ1n) is 9.64. The van der Waals surface area contributed by atoms with E-state index in [2.05, 4.69) is 0 Å². The van der Waals surface area contributed by atoms with Gasteiger partial charge in [-0.1, -0.05) is 55.3 Å². The Morgan fingerprint density at radius 2 is 1.30 bits per heavy atom. The molecule has 0 unspecified atom stereocenters. The number of aryl methyl sites for hydroxylation is 1. The molecule has 0 heterocycles. The van der Waals surface area contributed by atoms with Crippen LogP contribution in [0.5, 0.6) is 0 Å². The lowest BCUT2D eigenvalue weighted by atomic mass is 9.91. The van der Waals surface area contributed by atoms with Gasteiger partial charge in [0.2, 0.25) is 0 Å². The Hall–Kier alpha value is -2.55. The summed E-state index contributed by atoms with van der Waals surface area (Å²) < 4.78 is 0. The van der Waals surface area contributed by atoms with E-state index in [9.17, 15) is 14.4 Å². The van der Waals surface area contributed by atoms with Crippen molar-refractivity contribution in [2.75, 3.05) is 0 Å². The fraction of sp³-hybridized carbons (Fsp3) is 0.375. The Morgan fingerprint density at radius 1 is 0.704 bits per heavy atom. The van der Waals surface area contributed by atoms with Crippen molar-refractivity contribution in [2.24, 2.45) is 0 Å². The standard InChI is InChI=1S/C24H28O3/c1-17-11-8-9-13-20(17)24(27)22-15-10-14-21(19(22)3)23(26)16-7-5-4-6-12-18(2)25/h8-11,13-15H,4-7,12,16H2,1-3H3. The number of carbonyl (C=O) groups excluding carboxylic acids is 3. The number of unbranched alkanes of at least 4 members (excludes halogenated alkanes) is 3. The van der Waals surface area contributed by atoms with Gasteiger partial charge in [-0.25, -0.2) is 0 Å². The van der Waals surface area contributed by atoms with Gasteiger partial charge in [0.15, 0.2) is 11.6 Å². The van der Waals surface area contributed by atoms with E-state index < -0.39 is 0 Å². The third kappa shape index (κ3) is 5.72. The summed E-state index contributed by atoms with van der Waals surface area (Å²) in [4.78, 5) is 36.5. The van der Waals surface area contributed by atoms with Crippen LogP contribution >= 0.6 is 0 Å². The molecule has 2 rings (SSSR count). The van der Waals surface area contributed by atoms with Crippen LogP contribution in [0.4, 0.5) is 0 Å². The molecule has 0 amide bonds. The van der Waals surface area contributed by atoms with Crippen LogP contribution in [-0.2, 0) is 4.79 Å². The molecule has 0 radical (unpaired) electrons. The van der Waals surface area contributed by atoms with Gasteiger partial charge in [0, 0.05) is 29.5 Å². The second kappa shape index (κ2) is 9.96. The van der Waals surface area contributed by atoms with E-state index >= 15 is 0 Å². The lowest BCUT2D eigenvalue weighted by Gasteiger charge is -2.11. The molecule has 2 aromatic carbocycles. The Morgan fingerprint density at radius 3 is 1.96 bits per heavy atom. The van der Waals surface area contributed by atoms with Gasteiger partial charge in [-0.3, -0.25) is 9.59 Å². The second-order valence-corrected chi connectivity index (χ2v) is 7.16. The fourth-order valence-electron chi connectivity index (χ4n) is 3.30. The van der Waals surface area contributed by atoms with Crippen molar-refractivity contribution in [2.45, 2.75) is 59.3 Å². The Balaban J connectivity index is 2.03. The molecule has 0 saturated heterocycles. The minimum atomic E-state index is -0.0375. The zero-order valence-electron chi connectivity index (χ0n) is 16.5. The highest BCUT2D eigenvalue weighted by Gasteiger charge is 2.18. The minimum absolute atomic E-state index is 0.0375. The van der Waals surface area contributed by atoms with Gasteiger partial charge >= 0.3 is 0 Å². The molecular formula is C24H28O3. The maximum absolute atomic E-state index is 12.9. The van der Waals surface area contributed by atoms with Gasteiger partial charge in [0.05, 0.1) is 0 Å². The zero-order valence-corrected chi connectivity index (χ0v) is 16.5. The maximum Gasteiger partial charge on any atom is 0.193 e. The fourth-order valence-corrected chi connectivity index (χ4v) is 3.30. The van der Waals surface area contributed by atoms with Crippen LogP contribution in [0.25, 0.3) is 0 Å². The third-order valence-electron chi connectivity index (χ3n) is 4.95. The van der Waals surface area contributed by atoms with Crippen LogP contribution in [0, 0.1) is 13.8 Å². The summed E-state index contributed by atoms with van der Waals surface area (Å²) in [5.41, 5.74) is 3.60. The van der Waals surface area contributed by atoms with E-state index in [0.717, 1.165) is 36.8 Å². The van der Waals surface area contributed by atoms with Crippen molar-refractivity contribution in [3.8, 4) is 0 Å². The molecule has 2 aromatic rings. The Labute approximate surface area is 161 Å². The van der Waals surface area contributed by atoms with Crippen LogP contribution in [0.3, 0.4) is 0 Å². The predicted molar refractivity (Wildman–Crippen MR) is 109 cm³/mol. The van der Waals surface area contributed by atoms with Crippen LogP contribution in [0.15, 0.2) is 42.5 Å². The first-order chi connectivity index (χ1) is 12.9. The van der Waals surface area contributed by atoms with E-state index in [1.54, 1.807) is 19.1 Å². The molecule has 0 aliphatic carbocycles. The summed E-state index contributed by atoms with van der Waals surface area (Å²) in [6.07, 6.45) is 4.71. The van der Waals surface area contributed by atoms with Crippen molar-refractivity contribution in [1.29, 1.82) is 0 Å². The lowest BCUT2D eigenvalue weighted by molar-refractivity contribution is -0.117. The van der Waals surface area contributed by atoms with Crippen molar-refractivity contribution in [3.05, 3.63) is 70.3 Å². The average Bonchev–Trinajstić information content (AvgIpc) is 2.64. The molecule has 3 heteroatoms. The molecule has 0 fully saturated rings. The molecule has 0 aliphatic rings. The third-order valence-corrected chi connectivity index (χ3v) is 4.95. The topological polar surface area (TPSA) is 51.2 Å². The quantitative estimate of drug-likeness (QED) is 0.404. The number of hydrogen-bond donors (Lipinski definition) is 0. The van der Waals surface area contributed by atoms with Crippen molar-refractivity contribution < 1.29 is 14.4 Å². The molecular weight excluding hydrogens is 336 g/mol. The molecule has 0 spiro atoms. The Kier molecular flexibility index (Phi) is 7.66. The number of hydrogen-bond acceptors (Lipinski definition) is 3. The van der Waals surface area contributed by atoms with E-state index in [1.165, 1.54) is 0 Å². The molecule has 0 aromatic heterocycles. The van der Waals surface area contributed by atoms with E-state index in [4.69, 9.17) is 0 Å². The van der Waals surface area contributed by atoms with E-state index in [1.807, 2.05) is 44.2 Å². The van der Waals surface area contributed by atoms with E-state index in [-0.39, 0.29) is 17.3 Å². The highest BCUT2D eigenvalue weighted by Crippen LogP contribution is 2.21. The molecule has 0 N–H and O–H groups in total. The molecule has 142 valence electrons.